The molecule has 1 aromatic heterocycles. The van der Waals surface area contributed by atoms with Crippen LogP contribution in [0.3, 0.4) is 0 Å². The van der Waals surface area contributed by atoms with Crippen molar-refractivity contribution in [1.29, 1.82) is 0 Å². The van der Waals surface area contributed by atoms with E-state index in [1.54, 1.807) is 30.3 Å². The molecule has 1 aliphatic rings. The lowest BCUT2D eigenvalue weighted by Crippen LogP contribution is -2.43. The van der Waals surface area contributed by atoms with Gasteiger partial charge in [0.15, 0.2) is 11.5 Å². The van der Waals surface area contributed by atoms with Crippen molar-refractivity contribution in [3.8, 4) is 11.5 Å². The molecule has 8 nitrogen and oxygen atoms in total. The lowest BCUT2D eigenvalue weighted by atomic mass is 10.0. The number of amides is 2. The summed E-state index contributed by atoms with van der Waals surface area (Å²) in [7, 11) is 0. The van der Waals surface area contributed by atoms with Crippen molar-refractivity contribution < 1.29 is 28.6 Å². The molecule has 0 radical (unpaired) electrons. The van der Waals surface area contributed by atoms with E-state index >= 15 is 0 Å². The number of furan rings is 1. The molecule has 8 heteroatoms. The molecule has 0 fully saturated rings. The van der Waals surface area contributed by atoms with Crippen LogP contribution in [0.1, 0.15) is 12.7 Å². The normalized spacial score (nSPS) is 14.5. The molecule has 2 amide bonds. The van der Waals surface area contributed by atoms with Crippen molar-refractivity contribution in [2.75, 3.05) is 18.7 Å². The van der Waals surface area contributed by atoms with Crippen LogP contribution in [0.5, 0.6) is 11.5 Å². The number of anilines is 1. The van der Waals surface area contributed by atoms with Gasteiger partial charge in [-0.2, -0.15) is 0 Å². The van der Waals surface area contributed by atoms with Gasteiger partial charge in [-0.3, -0.25) is 9.59 Å². The Kier molecular flexibility index (Phi) is 4.40. The fourth-order valence-corrected chi connectivity index (χ4v) is 2.83. The largest absolute Gasteiger partial charge is 0.458 e. The highest BCUT2D eigenvalue weighted by Gasteiger charge is 2.29. The second kappa shape index (κ2) is 6.90. The predicted molar refractivity (Wildman–Crippen MR) is 100.0 cm³/mol. The standard InChI is InChI=1S/C20H18N2O6/c1-20(25,17-8-12-4-2-3-5-14(12)28-17)10-21-18(23)19(24)22-13-6-7-15-16(9-13)27-11-26-15/h2-9,25H,10-11H2,1H3,(H,21,23)(H,22,24). The van der Waals surface area contributed by atoms with E-state index in [0.29, 0.717) is 28.5 Å². The van der Waals surface area contributed by atoms with Crippen molar-refractivity contribution in [1.82, 2.24) is 5.32 Å². The number of hydrogen-bond donors (Lipinski definition) is 3. The number of ether oxygens (including phenoxy) is 2. The zero-order valence-corrected chi connectivity index (χ0v) is 15.0. The van der Waals surface area contributed by atoms with Gasteiger partial charge >= 0.3 is 11.8 Å². The molecule has 0 saturated heterocycles. The maximum absolute atomic E-state index is 12.1. The van der Waals surface area contributed by atoms with Crippen LogP contribution in [-0.2, 0) is 15.2 Å². The van der Waals surface area contributed by atoms with E-state index in [1.807, 2.05) is 18.2 Å². The second-order valence-electron chi connectivity index (χ2n) is 6.63. The summed E-state index contributed by atoms with van der Waals surface area (Å²) in [5.41, 5.74) is -0.452. The van der Waals surface area contributed by atoms with E-state index < -0.39 is 17.4 Å². The van der Waals surface area contributed by atoms with Crippen LogP contribution in [0.25, 0.3) is 11.0 Å². The molecule has 0 aliphatic carbocycles. The molecule has 3 N–H and O–H groups in total. The first-order valence-electron chi connectivity index (χ1n) is 8.63. The van der Waals surface area contributed by atoms with Gasteiger partial charge < -0.3 is 29.6 Å². The number of benzene rings is 2. The number of rotatable bonds is 4. The molecule has 1 atom stereocenters. The van der Waals surface area contributed by atoms with Crippen molar-refractivity contribution in [2.24, 2.45) is 0 Å². The van der Waals surface area contributed by atoms with Crippen LogP contribution in [0.15, 0.2) is 52.9 Å². The molecule has 2 heterocycles. The number of carbonyl (C=O) groups excluding carboxylic acids is 2. The first-order valence-corrected chi connectivity index (χ1v) is 8.63. The minimum absolute atomic E-state index is 0.115. The van der Waals surface area contributed by atoms with Crippen LogP contribution >= 0.6 is 0 Å². The van der Waals surface area contributed by atoms with E-state index in [9.17, 15) is 14.7 Å². The Hall–Kier alpha value is -3.52. The maximum Gasteiger partial charge on any atom is 0.313 e. The lowest BCUT2D eigenvalue weighted by molar-refractivity contribution is -0.136. The van der Waals surface area contributed by atoms with E-state index in [1.165, 1.54) is 6.92 Å². The van der Waals surface area contributed by atoms with E-state index in [2.05, 4.69) is 10.6 Å². The molecule has 144 valence electrons. The summed E-state index contributed by atoms with van der Waals surface area (Å²) >= 11 is 0. The van der Waals surface area contributed by atoms with E-state index in [4.69, 9.17) is 13.9 Å². The monoisotopic (exact) mass is 382 g/mol. The zero-order valence-electron chi connectivity index (χ0n) is 15.0. The Morgan fingerprint density at radius 2 is 1.86 bits per heavy atom. The molecule has 0 bridgehead atoms. The van der Waals surface area contributed by atoms with Gasteiger partial charge in [-0.1, -0.05) is 18.2 Å². The third-order valence-electron chi connectivity index (χ3n) is 4.39. The predicted octanol–water partition coefficient (Wildman–Crippen LogP) is 2.12. The van der Waals surface area contributed by atoms with Gasteiger partial charge in [0.2, 0.25) is 6.79 Å². The first kappa shape index (κ1) is 17.9. The number of para-hydroxylation sites is 1. The highest BCUT2D eigenvalue weighted by atomic mass is 16.7. The average molecular weight is 382 g/mol. The molecule has 2 aromatic carbocycles. The molecule has 3 aromatic rings. The van der Waals surface area contributed by atoms with Gasteiger partial charge in [0.1, 0.15) is 16.9 Å². The Balaban J connectivity index is 1.38. The summed E-state index contributed by atoms with van der Waals surface area (Å²) in [5, 5.41) is 16.4. The number of carbonyl (C=O) groups is 2. The summed E-state index contributed by atoms with van der Waals surface area (Å²) in [4.78, 5) is 24.2. The number of fused-ring (bicyclic) bond motifs is 2. The van der Waals surface area contributed by atoms with Crippen molar-refractivity contribution in [3.63, 3.8) is 0 Å². The maximum atomic E-state index is 12.1. The summed E-state index contributed by atoms with van der Waals surface area (Å²) in [5.74, 6) is -0.381. The van der Waals surface area contributed by atoms with Gasteiger partial charge in [-0.25, -0.2) is 0 Å². The van der Waals surface area contributed by atoms with Gasteiger partial charge in [0, 0.05) is 17.1 Å². The molecule has 1 unspecified atom stereocenters. The highest BCUT2D eigenvalue weighted by molar-refractivity contribution is 6.39. The smallest absolute Gasteiger partial charge is 0.313 e. The summed E-state index contributed by atoms with van der Waals surface area (Å²) in [6, 6.07) is 13.8. The molecule has 4 rings (SSSR count). The fraction of sp³-hybridized carbons (Fsp3) is 0.200. The Labute approximate surface area is 160 Å². The van der Waals surface area contributed by atoms with Gasteiger partial charge in [-0.15, -0.1) is 0 Å². The van der Waals surface area contributed by atoms with Crippen molar-refractivity contribution >= 4 is 28.5 Å². The minimum atomic E-state index is -1.48. The lowest BCUT2D eigenvalue weighted by Gasteiger charge is -2.20. The van der Waals surface area contributed by atoms with Crippen LogP contribution in [0.4, 0.5) is 5.69 Å². The summed E-state index contributed by atoms with van der Waals surface area (Å²) < 4.78 is 16.1. The van der Waals surface area contributed by atoms with Gasteiger partial charge in [0.25, 0.3) is 0 Å². The quantitative estimate of drug-likeness (QED) is 0.596. The van der Waals surface area contributed by atoms with Gasteiger partial charge in [0.05, 0.1) is 6.54 Å². The number of hydrogen-bond acceptors (Lipinski definition) is 6. The molecule has 0 saturated carbocycles. The third-order valence-corrected chi connectivity index (χ3v) is 4.39. The summed E-state index contributed by atoms with van der Waals surface area (Å²) in [6.45, 7) is 1.42. The van der Waals surface area contributed by atoms with E-state index in [0.717, 1.165) is 5.39 Å². The molecular weight excluding hydrogens is 364 g/mol. The SMILES string of the molecule is CC(O)(CNC(=O)C(=O)Nc1ccc2c(c1)OCO2)c1cc2ccccc2o1. The molecule has 28 heavy (non-hydrogen) atoms. The number of nitrogens with one attached hydrogen (secondary N) is 2. The minimum Gasteiger partial charge on any atom is -0.458 e. The van der Waals surface area contributed by atoms with Crippen molar-refractivity contribution in [3.05, 3.63) is 54.3 Å². The Bertz CT molecular complexity index is 1020. The molecule has 1 aliphatic heterocycles. The van der Waals surface area contributed by atoms with Gasteiger partial charge in [-0.05, 0) is 31.2 Å². The summed E-state index contributed by atoms with van der Waals surface area (Å²) in [6.07, 6.45) is 0. The molecular formula is C20H18N2O6. The van der Waals surface area contributed by atoms with Crippen LogP contribution in [0, 0.1) is 0 Å². The van der Waals surface area contributed by atoms with Crippen LogP contribution in [0.2, 0.25) is 0 Å². The first-order chi connectivity index (χ1) is 13.4. The van der Waals surface area contributed by atoms with Crippen molar-refractivity contribution in [2.45, 2.75) is 12.5 Å². The van der Waals surface area contributed by atoms with Crippen LogP contribution < -0.4 is 20.1 Å². The fourth-order valence-electron chi connectivity index (χ4n) is 2.83. The second-order valence-corrected chi connectivity index (χ2v) is 6.63. The Morgan fingerprint density at radius 1 is 1.07 bits per heavy atom. The molecule has 0 spiro atoms. The van der Waals surface area contributed by atoms with Crippen LogP contribution in [-0.4, -0.2) is 30.3 Å². The topological polar surface area (TPSA) is 110 Å². The Morgan fingerprint density at radius 3 is 2.68 bits per heavy atom. The third kappa shape index (κ3) is 3.49. The average Bonchev–Trinajstić information content (AvgIpc) is 3.32. The zero-order chi connectivity index (χ0) is 19.7. The van der Waals surface area contributed by atoms with E-state index in [-0.39, 0.29) is 13.3 Å². The highest BCUT2D eigenvalue weighted by Crippen LogP contribution is 2.34. The number of aliphatic hydroxyl groups is 1.